The van der Waals surface area contributed by atoms with Gasteiger partial charge < -0.3 is 10.1 Å². The molecule has 0 aliphatic rings. The van der Waals surface area contributed by atoms with Crippen LogP contribution in [0.15, 0.2) is 45.8 Å². The van der Waals surface area contributed by atoms with Crippen LogP contribution in [0.2, 0.25) is 0 Å². The summed E-state index contributed by atoms with van der Waals surface area (Å²) in [6.45, 7) is 1.97. The van der Waals surface area contributed by atoms with Crippen LogP contribution in [0, 0.1) is 6.92 Å². The average Bonchev–Trinajstić information content (AvgIpc) is 3.04. The van der Waals surface area contributed by atoms with Gasteiger partial charge in [-0.2, -0.15) is 0 Å². The number of aromatic nitrogens is 2. The van der Waals surface area contributed by atoms with Crippen molar-refractivity contribution in [1.29, 1.82) is 0 Å². The number of thiophene rings is 1. The van der Waals surface area contributed by atoms with Gasteiger partial charge in [0.2, 0.25) is 0 Å². The quantitative estimate of drug-likeness (QED) is 0.560. The van der Waals surface area contributed by atoms with Gasteiger partial charge in [0.25, 0.3) is 0 Å². The summed E-state index contributed by atoms with van der Waals surface area (Å²) in [6.07, 6.45) is 1.69. The number of hydrogen-bond donors (Lipinski definition) is 2. The molecule has 0 bridgehead atoms. The van der Waals surface area contributed by atoms with Crippen LogP contribution >= 0.6 is 23.1 Å². The zero-order valence-corrected chi connectivity index (χ0v) is 12.8. The maximum atomic E-state index is 11.4. The fraction of sp³-hybridized carbons (Fsp3) is 0.0667. The predicted octanol–water partition coefficient (Wildman–Crippen LogP) is 4.15. The number of fused-ring (bicyclic) bond motifs is 1. The number of thioether (sulfide) groups is 1. The molecule has 3 rings (SSSR count). The normalized spacial score (nSPS) is 12.0. The minimum absolute atomic E-state index is 0.250. The Morgan fingerprint density at radius 2 is 2.19 bits per heavy atom. The molecule has 6 heteroatoms. The molecule has 4 nitrogen and oxygen atoms in total. The largest absolute Gasteiger partial charge is 0.477 e. The molecule has 0 saturated carbocycles. The van der Waals surface area contributed by atoms with Gasteiger partial charge in [-0.05, 0) is 53.9 Å². The first-order valence-electron chi connectivity index (χ1n) is 6.25. The summed E-state index contributed by atoms with van der Waals surface area (Å²) in [7, 11) is 0. The van der Waals surface area contributed by atoms with Crippen LogP contribution in [0.4, 0.5) is 0 Å². The molecule has 0 spiro atoms. The van der Waals surface area contributed by atoms with Gasteiger partial charge in [-0.3, -0.25) is 0 Å². The Balaban J connectivity index is 1.94. The number of carbonyl (C=O) groups is 1. The maximum Gasteiger partial charge on any atom is 0.342 e. The van der Waals surface area contributed by atoms with Gasteiger partial charge in [0, 0.05) is 4.88 Å². The summed E-state index contributed by atoms with van der Waals surface area (Å²) in [4.78, 5) is 20.2. The van der Waals surface area contributed by atoms with Crippen LogP contribution in [0.5, 0.6) is 0 Å². The number of para-hydroxylation sites is 2. The Labute approximate surface area is 129 Å². The standard InChI is InChI=1S/C15H12N2O2S2/c1-9-6-7-20-12(9)8-13(14(18)19)21-15-16-10-4-2-3-5-11(10)17-15/h2-8H,1H3,(H,16,17)(H,18,19)/b13-8-. The molecule has 106 valence electrons. The number of rotatable bonds is 4. The second-order valence-electron chi connectivity index (χ2n) is 4.44. The van der Waals surface area contributed by atoms with Crippen LogP contribution in [0.3, 0.4) is 0 Å². The highest BCUT2D eigenvalue weighted by molar-refractivity contribution is 8.04. The topological polar surface area (TPSA) is 66.0 Å². The van der Waals surface area contributed by atoms with E-state index in [-0.39, 0.29) is 4.91 Å². The fourth-order valence-electron chi connectivity index (χ4n) is 1.87. The predicted molar refractivity (Wildman–Crippen MR) is 86.6 cm³/mol. The summed E-state index contributed by atoms with van der Waals surface area (Å²) in [5.74, 6) is -0.951. The van der Waals surface area contributed by atoms with E-state index in [1.54, 1.807) is 6.08 Å². The third kappa shape index (κ3) is 3.01. The van der Waals surface area contributed by atoms with Crippen molar-refractivity contribution in [2.24, 2.45) is 0 Å². The molecule has 1 aromatic carbocycles. The van der Waals surface area contributed by atoms with E-state index in [9.17, 15) is 9.90 Å². The highest BCUT2D eigenvalue weighted by Crippen LogP contribution is 2.30. The van der Waals surface area contributed by atoms with Gasteiger partial charge in [-0.25, -0.2) is 9.78 Å². The summed E-state index contributed by atoms with van der Waals surface area (Å²) >= 11 is 2.66. The van der Waals surface area contributed by atoms with Crippen LogP contribution in [0.25, 0.3) is 17.1 Å². The second-order valence-corrected chi connectivity index (χ2v) is 6.42. The van der Waals surface area contributed by atoms with Gasteiger partial charge in [0.1, 0.15) is 4.91 Å². The summed E-state index contributed by atoms with van der Waals surface area (Å²) in [5, 5.41) is 11.9. The molecule has 2 aromatic heterocycles. The second kappa shape index (κ2) is 5.75. The van der Waals surface area contributed by atoms with Gasteiger partial charge in [0.05, 0.1) is 11.0 Å². The summed E-state index contributed by atoms with van der Waals surface area (Å²) in [6, 6.07) is 9.60. The zero-order valence-electron chi connectivity index (χ0n) is 11.2. The van der Waals surface area contributed by atoms with E-state index >= 15 is 0 Å². The first-order chi connectivity index (χ1) is 10.1. The molecule has 3 aromatic rings. The van der Waals surface area contributed by atoms with E-state index in [2.05, 4.69) is 9.97 Å². The molecule has 0 amide bonds. The van der Waals surface area contributed by atoms with E-state index < -0.39 is 5.97 Å². The molecule has 21 heavy (non-hydrogen) atoms. The number of H-pyrrole nitrogens is 1. The van der Waals surface area contributed by atoms with Crippen LogP contribution in [0.1, 0.15) is 10.4 Å². The summed E-state index contributed by atoms with van der Waals surface area (Å²) in [5.41, 5.74) is 2.80. The lowest BCUT2D eigenvalue weighted by molar-refractivity contribution is -0.131. The molecule has 0 unspecified atom stereocenters. The number of carboxylic acids is 1. The molecule has 0 aliphatic heterocycles. The molecule has 2 N–H and O–H groups in total. The highest BCUT2D eigenvalue weighted by atomic mass is 32.2. The van der Waals surface area contributed by atoms with Crippen molar-refractivity contribution in [3.05, 3.63) is 51.1 Å². The fourth-order valence-corrected chi connectivity index (χ4v) is 3.58. The summed E-state index contributed by atoms with van der Waals surface area (Å²) < 4.78 is 0. The SMILES string of the molecule is Cc1ccsc1/C=C(\Sc1nc2ccccc2[nH]1)C(=O)O. The van der Waals surface area contributed by atoms with E-state index in [1.807, 2.05) is 42.6 Å². The Morgan fingerprint density at radius 3 is 2.86 bits per heavy atom. The number of benzene rings is 1. The van der Waals surface area contributed by atoms with Crippen LogP contribution in [-0.2, 0) is 4.79 Å². The minimum atomic E-state index is -0.951. The number of aromatic amines is 1. The number of imidazole rings is 1. The molecule has 0 saturated heterocycles. The molecular formula is C15H12N2O2S2. The molecule has 0 fully saturated rings. The van der Waals surface area contributed by atoms with E-state index in [1.165, 1.54) is 11.3 Å². The van der Waals surface area contributed by atoms with E-state index in [4.69, 9.17) is 0 Å². The van der Waals surface area contributed by atoms with E-state index in [0.29, 0.717) is 5.16 Å². The first-order valence-corrected chi connectivity index (χ1v) is 7.95. The molecule has 0 atom stereocenters. The Kier molecular flexibility index (Phi) is 3.81. The lowest BCUT2D eigenvalue weighted by atomic mass is 10.3. The lowest BCUT2D eigenvalue weighted by Gasteiger charge is -1.99. The van der Waals surface area contributed by atoms with Crippen molar-refractivity contribution >= 4 is 46.2 Å². The number of nitrogens with zero attached hydrogens (tertiary/aromatic N) is 1. The average molecular weight is 316 g/mol. The van der Waals surface area contributed by atoms with Gasteiger partial charge >= 0.3 is 5.97 Å². The number of aryl methyl sites for hydroxylation is 1. The maximum absolute atomic E-state index is 11.4. The number of hydrogen-bond acceptors (Lipinski definition) is 4. The number of aliphatic carboxylic acids is 1. The first kappa shape index (κ1) is 13.9. The van der Waals surface area contributed by atoms with Crippen LogP contribution < -0.4 is 0 Å². The third-order valence-electron chi connectivity index (χ3n) is 2.95. The van der Waals surface area contributed by atoms with Gasteiger partial charge in [-0.1, -0.05) is 12.1 Å². The van der Waals surface area contributed by atoms with Crippen molar-refractivity contribution in [2.75, 3.05) is 0 Å². The highest BCUT2D eigenvalue weighted by Gasteiger charge is 2.13. The monoisotopic (exact) mass is 316 g/mol. The zero-order chi connectivity index (χ0) is 14.8. The van der Waals surface area contributed by atoms with Crippen LogP contribution in [-0.4, -0.2) is 21.0 Å². The third-order valence-corrected chi connectivity index (χ3v) is 4.81. The molecular weight excluding hydrogens is 304 g/mol. The van der Waals surface area contributed by atoms with Gasteiger partial charge in [0.15, 0.2) is 5.16 Å². The Bertz CT molecular complexity index is 800. The van der Waals surface area contributed by atoms with Crippen molar-refractivity contribution in [3.8, 4) is 0 Å². The van der Waals surface area contributed by atoms with Crippen molar-refractivity contribution < 1.29 is 9.90 Å². The molecule has 0 radical (unpaired) electrons. The number of carboxylic acid groups (broad SMARTS) is 1. The molecule has 2 heterocycles. The van der Waals surface area contributed by atoms with Crippen molar-refractivity contribution in [2.45, 2.75) is 12.1 Å². The Morgan fingerprint density at radius 1 is 1.38 bits per heavy atom. The lowest BCUT2D eigenvalue weighted by Crippen LogP contribution is -1.97. The molecule has 0 aliphatic carbocycles. The Hall–Kier alpha value is -2.05. The number of nitrogens with one attached hydrogen (secondary N) is 1. The van der Waals surface area contributed by atoms with Crippen molar-refractivity contribution in [3.63, 3.8) is 0 Å². The smallest absolute Gasteiger partial charge is 0.342 e. The van der Waals surface area contributed by atoms with E-state index in [0.717, 1.165) is 33.2 Å². The van der Waals surface area contributed by atoms with Crippen molar-refractivity contribution in [1.82, 2.24) is 9.97 Å². The van der Waals surface area contributed by atoms with Gasteiger partial charge in [-0.15, -0.1) is 11.3 Å². The minimum Gasteiger partial charge on any atom is -0.477 e.